The molecular weight excluding hydrogens is 362 g/mol. The molecule has 1 amide bonds. The van der Waals surface area contributed by atoms with Crippen LogP contribution in [0.4, 0.5) is 0 Å². The minimum absolute atomic E-state index is 0.0775. The molecular formula is C20H31N3O3S. The summed E-state index contributed by atoms with van der Waals surface area (Å²) in [6.45, 7) is 6.34. The number of carbonyl (C=O) groups is 1. The van der Waals surface area contributed by atoms with Crippen LogP contribution in [0.15, 0.2) is 23.1 Å². The first kappa shape index (κ1) is 20.3. The monoisotopic (exact) mass is 393 g/mol. The number of benzene rings is 1. The van der Waals surface area contributed by atoms with Crippen LogP contribution < -0.4 is 5.73 Å². The molecule has 2 N–H and O–H groups in total. The van der Waals surface area contributed by atoms with Crippen LogP contribution in [0.1, 0.15) is 54.9 Å². The van der Waals surface area contributed by atoms with E-state index in [0.29, 0.717) is 37.7 Å². The number of hydrogen-bond donors (Lipinski definition) is 1. The minimum atomic E-state index is -3.54. The number of sulfonamides is 1. The Hall–Kier alpha value is -1.44. The van der Waals surface area contributed by atoms with Crippen molar-refractivity contribution in [2.75, 3.05) is 26.2 Å². The van der Waals surface area contributed by atoms with Crippen molar-refractivity contribution < 1.29 is 13.2 Å². The smallest absolute Gasteiger partial charge is 0.254 e. The quantitative estimate of drug-likeness (QED) is 0.851. The van der Waals surface area contributed by atoms with Gasteiger partial charge in [-0.2, -0.15) is 4.31 Å². The summed E-state index contributed by atoms with van der Waals surface area (Å²) in [5.41, 5.74) is 7.29. The van der Waals surface area contributed by atoms with Gasteiger partial charge in [0.15, 0.2) is 0 Å². The molecule has 2 fully saturated rings. The second-order valence-corrected chi connectivity index (χ2v) is 9.87. The molecule has 0 radical (unpaired) electrons. The van der Waals surface area contributed by atoms with Gasteiger partial charge in [-0.1, -0.05) is 12.5 Å². The molecule has 0 saturated carbocycles. The van der Waals surface area contributed by atoms with Gasteiger partial charge in [-0.15, -0.1) is 0 Å². The first-order chi connectivity index (χ1) is 12.8. The van der Waals surface area contributed by atoms with Crippen LogP contribution in [-0.4, -0.2) is 55.8 Å². The van der Waals surface area contributed by atoms with Crippen molar-refractivity contribution in [2.24, 2.45) is 11.7 Å². The summed E-state index contributed by atoms with van der Waals surface area (Å²) in [7, 11) is -3.54. The highest BCUT2D eigenvalue weighted by atomic mass is 32.2. The van der Waals surface area contributed by atoms with E-state index in [0.717, 1.165) is 37.7 Å². The summed E-state index contributed by atoms with van der Waals surface area (Å²) >= 11 is 0. The largest absolute Gasteiger partial charge is 0.339 e. The van der Waals surface area contributed by atoms with Gasteiger partial charge in [-0.05, 0) is 63.1 Å². The predicted octanol–water partition coefficient (Wildman–Crippen LogP) is 2.37. The van der Waals surface area contributed by atoms with Crippen LogP contribution in [0.25, 0.3) is 0 Å². The number of nitrogens with two attached hydrogens (primary N) is 1. The highest BCUT2D eigenvalue weighted by molar-refractivity contribution is 7.89. The van der Waals surface area contributed by atoms with Crippen molar-refractivity contribution >= 4 is 15.9 Å². The molecule has 1 unspecified atom stereocenters. The van der Waals surface area contributed by atoms with Crippen molar-refractivity contribution in [1.29, 1.82) is 0 Å². The SMILES string of the molecule is Cc1ccc(S(=O)(=O)N2CCCCC2)cc1C(=O)N1CCC(C(C)N)CC1. The Kier molecular flexibility index (Phi) is 6.23. The average Bonchev–Trinajstić information content (AvgIpc) is 2.68. The van der Waals surface area contributed by atoms with E-state index in [1.54, 1.807) is 22.5 Å². The summed E-state index contributed by atoms with van der Waals surface area (Å²) in [5.74, 6) is 0.368. The number of likely N-dealkylation sites (tertiary alicyclic amines) is 1. The van der Waals surface area contributed by atoms with E-state index in [-0.39, 0.29) is 16.8 Å². The maximum absolute atomic E-state index is 13.0. The summed E-state index contributed by atoms with van der Waals surface area (Å²) in [5, 5.41) is 0. The summed E-state index contributed by atoms with van der Waals surface area (Å²) in [4.78, 5) is 15.1. The van der Waals surface area contributed by atoms with Crippen LogP contribution >= 0.6 is 0 Å². The van der Waals surface area contributed by atoms with E-state index < -0.39 is 10.0 Å². The molecule has 150 valence electrons. The number of rotatable bonds is 4. The van der Waals surface area contributed by atoms with Crippen LogP contribution in [0.5, 0.6) is 0 Å². The molecule has 27 heavy (non-hydrogen) atoms. The first-order valence-electron chi connectivity index (χ1n) is 9.96. The zero-order valence-corrected chi connectivity index (χ0v) is 17.2. The van der Waals surface area contributed by atoms with E-state index in [4.69, 9.17) is 5.73 Å². The molecule has 2 aliphatic rings. The van der Waals surface area contributed by atoms with Crippen molar-refractivity contribution in [1.82, 2.24) is 9.21 Å². The van der Waals surface area contributed by atoms with Gasteiger partial charge < -0.3 is 10.6 Å². The van der Waals surface area contributed by atoms with Gasteiger partial charge >= 0.3 is 0 Å². The zero-order valence-electron chi connectivity index (χ0n) is 16.4. The van der Waals surface area contributed by atoms with Gasteiger partial charge in [0, 0.05) is 37.8 Å². The molecule has 2 heterocycles. The number of aryl methyl sites for hydroxylation is 1. The van der Waals surface area contributed by atoms with Gasteiger partial charge in [0.2, 0.25) is 10.0 Å². The van der Waals surface area contributed by atoms with E-state index >= 15 is 0 Å². The second-order valence-electron chi connectivity index (χ2n) is 7.93. The Balaban J connectivity index is 1.80. The van der Waals surface area contributed by atoms with Crippen LogP contribution in [0.3, 0.4) is 0 Å². The lowest BCUT2D eigenvalue weighted by molar-refractivity contribution is 0.0680. The Labute approximate surface area is 162 Å². The fourth-order valence-corrected chi connectivity index (χ4v) is 5.59. The Morgan fingerprint density at radius 3 is 2.33 bits per heavy atom. The van der Waals surface area contributed by atoms with E-state index in [1.165, 1.54) is 0 Å². The Bertz CT molecular complexity index is 778. The van der Waals surface area contributed by atoms with Gasteiger partial charge in [0.25, 0.3) is 5.91 Å². The van der Waals surface area contributed by atoms with E-state index in [1.807, 2.05) is 18.7 Å². The average molecular weight is 394 g/mol. The van der Waals surface area contributed by atoms with E-state index in [9.17, 15) is 13.2 Å². The van der Waals surface area contributed by atoms with E-state index in [2.05, 4.69) is 0 Å². The molecule has 0 spiro atoms. The van der Waals surface area contributed by atoms with Crippen LogP contribution in [0.2, 0.25) is 0 Å². The lowest BCUT2D eigenvalue weighted by atomic mass is 9.90. The molecule has 7 heteroatoms. The van der Waals surface area contributed by atoms with Crippen LogP contribution in [0, 0.1) is 12.8 Å². The zero-order chi connectivity index (χ0) is 19.6. The summed E-state index contributed by atoms with van der Waals surface area (Å²) < 4.78 is 27.5. The van der Waals surface area contributed by atoms with Crippen molar-refractivity contribution in [2.45, 2.75) is 56.9 Å². The fraction of sp³-hybridized carbons (Fsp3) is 0.650. The maximum Gasteiger partial charge on any atom is 0.254 e. The molecule has 0 aromatic heterocycles. The third-order valence-electron chi connectivity index (χ3n) is 5.96. The number of amides is 1. The Morgan fingerprint density at radius 2 is 1.74 bits per heavy atom. The van der Waals surface area contributed by atoms with Gasteiger partial charge in [-0.3, -0.25) is 4.79 Å². The standard InChI is InChI=1S/C20H31N3O3S/c1-15-6-7-18(27(25,26)23-10-4-3-5-11-23)14-19(15)20(24)22-12-8-17(9-13-22)16(2)21/h6-7,14,16-17H,3-5,8-13,21H2,1-2H3. The molecule has 1 aromatic carbocycles. The lowest BCUT2D eigenvalue weighted by Crippen LogP contribution is -2.42. The van der Waals surface area contributed by atoms with Crippen molar-refractivity contribution in [3.05, 3.63) is 29.3 Å². The minimum Gasteiger partial charge on any atom is -0.339 e. The van der Waals surface area contributed by atoms with Gasteiger partial charge in [0.05, 0.1) is 4.90 Å². The van der Waals surface area contributed by atoms with Crippen molar-refractivity contribution in [3.8, 4) is 0 Å². The van der Waals surface area contributed by atoms with Crippen molar-refractivity contribution in [3.63, 3.8) is 0 Å². The highest BCUT2D eigenvalue weighted by Gasteiger charge is 2.29. The van der Waals surface area contributed by atoms with Gasteiger partial charge in [-0.25, -0.2) is 8.42 Å². The van der Waals surface area contributed by atoms with Gasteiger partial charge in [0.1, 0.15) is 0 Å². The molecule has 0 aliphatic carbocycles. The summed E-state index contributed by atoms with van der Waals surface area (Å²) in [6, 6.07) is 5.08. The molecule has 2 aliphatic heterocycles. The second kappa shape index (κ2) is 8.29. The molecule has 0 bridgehead atoms. The molecule has 6 nitrogen and oxygen atoms in total. The predicted molar refractivity (Wildman–Crippen MR) is 106 cm³/mol. The van der Waals surface area contributed by atoms with Crippen LogP contribution in [-0.2, 0) is 10.0 Å². The number of carbonyl (C=O) groups excluding carboxylic acids is 1. The Morgan fingerprint density at radius 1 is 1.11 bits per heavy atom. The molecule has 1 atom stereocenters. The number of hydrogen-bond acceptors (Lipinski definition) is 4. The number of piperidine rings is 2. The maximum atomic E-state index is 13.0. The first-order valence-corrected chi connectivity index (χ1v) is 11.4. The molecule has 1 aromatic rings. The fourth-order valence-electron chi connectivity index (χ4n) is 4.04. The third-order valence-corrected chi connectivity index (χ3v) is 7.86. The summed E-state index contributed by atoms with van der Waals surface area (Å²) in [6.07, 6.45) is 4.65. The topological polar surface area (TPSA) is 83.7 Å². The lowest BCUT2D eigenvalue weighted by Gasteiger charge is -2.34. The normalized spacial score (nSPS) is 21.2. The number of nitrogens with zero attached hydrogens (tertiary/aromatic N) is 2. The molecule has 3 rings (SSSR count). The third kappa shape index (κ3) is 4.36. The highest BCUT2D eigenvalue weighted by Crippen LogP contribution is 2.25. The molecule has 2 saturated heterocycles.